The van der Waals surface area contributed by atoms with Gasteiger partial charge in [0.05, 0.1) is 18.0 Å². The third kappa shape index (κ3) is 5.83. The van der Waals surface area contributed by atoms with Crippen LogP contribution in [0, 0.1) is 12.8 Å². The molecule has 2 aromatic rings. The highest BCUT2D eigenvalue weighted by molar-refractivity contribution is 7.92. The summed E-state index contributed by atoms with van der Waals surface area (Å²) < 4.78 is 26.1. The lowest BCUT2D eigenvalue weighted by atomic mass is 9.96. The maximum absolute atomic E-state index is 13.0. The molecule has 0 heterocycles. The van der Waals surface area contributed by atoms with Gasteiger partial charge in [0.1, 0.15) is 6.04 Å². The normalized spacial score (nSPS) is 13.8. The second-order valence-electron chi connectivity index (χ2n) is 7.67. The Morgan fingerprint density at radius 3 is 2.07 bits per heavy atom. The van der Waals surface area contributed by atoms with E-state index in [1.165, 1.54) is 4.31 Å². The number of benzene rings is 2. The van der Waals surface area contributed by atoms with Crippen molar-refractivity contribution in [2.24, 2.45) is 5.92 Å². The number of hydrogen-bond acceptors (Lipinski definition) is 3. The number of sulfonamides is 1. The van der Waals surface area contributed by atoms with Gasteiger partial charge < -0.3 is 5.32 Å². The molecule has 28 heavy (non-hydrogen) atoms. The van der Waals surface area contributed by atoms with Crippen molar-refractivity contribution < 1.29 is 13.2 Å². The molecule has 1 N–H and O–H groups in total. The van der Waals surface area contributed by atoms with Gasteiger partial charge in [-0.05, 0) is 43.9 Å². The van der Waals surface area contributed by atoms with E-state index in [0.29, 0.717) is 11.6 Å². The minimum Gasteiger partial charge on any atom is -0.347 e. The number of nitrogens with one attached hydrogen (secondary N) is 1. The molecule has 1 amide bonds. The largest absolute Gasteiger partial charge is 0.347 e. The Labute approximate surface area is 168 Å². The van der Waals surface area contributed by atoms with Crippen molar-refractivity contribution in [2.75, 3.05) is 10.6 Å². The van der Waals surface area contributed by atoms with Gasteiger partial charge in [0.2, 0.25) is 15.9 Å². The van der Waals surface area contributed by atoms with Crippen molar-refractivity contribution in [3.63, 3.8) is 0 Å². The fraction of sp³-hybridized carbons (Fsp3) is 0.409. The zero-order chi connectivity index (χ0) is 20.9. The standard InChI is InChI=1S/C22H30N2O3S/c1-16(2)15-21(19-9-7-6-8-10-19)23-22(25)18(4)24(28(5,26)27)20-13-11-17(3)12-14-20/h6-14,16,18,21H,15H2,1-5H3,(H,23,25). The molecular formula is C22H30N2O3S. The van der Waals surface area contributed by atoms with Gasteiger partial charge in [-0.1, -0.05) is 61.9 Å². The first-order chi connectivity index (χ1) is 13.1. The molecule has 0 aromatic heterocycles. The molecule has 0 spiro atoms. The summed E-state index contributed by atoms with van der Waals surface area (Å²) in [7, 11) is -3.63. The predicted octanol–water partition coefficient (Wildman–Crippen LogP) is 4.05. The highest BCUT2D eigenvalue weighted by Crippen LogP contribution is 2.24. The van der Waals surface area contributed by atoms with Crippen LogP contribution < -0.4 is 9.62 Å². The first kappa shape index (κ1) is 22.0. The topological polar surface area (TPSA) is 66.5 Å². The Bertz CT molecular complexity index is 878. The van der Waals surface area contributed by atoms with Gasteiger partial charge in [0.25, 0.3) is 0 Å². The second-order valence-corrected chi connectivity index (χ2v) is 9.53. The van der Waals surface area contributed by atoms with E-state index >= 15 is 0 Å². The summed E-state index contributed by atoms with van der Waals surface area (Å²) in [6.45, 7) is 7.75. The lowest BCUT2D eigenvalue weighted by Crippen LogP contribution is -2.48. The zero-order valence-electron chi connectivity index (χ0n) is 17.2. The van der Waals surface area contributed by atoms with E-state index < -0.39 is 16.1 Å². The highest BCUT2D eigenvalue weighted by atomic mass is 32.2. The third-order valence-corrected chi connectivity index (χ3v) is 5.84. The molecule has 0 aliphatic heterocycles. The quantitative estimate of drug-likeness (QED) is 0.724. The van der Waals surface area contributed by atoms with Crippen molar-refractivity contribution in [3.05, 3.63) is 65.7 Å². The van der Waals surface area contributed by atoms with E-state index in [-0.39, 0.29) is 11.9 Å². The van der Waals surface area contributed by atoms with E-state index in [2.05, 4.69) is 19.2 Å². The molecular weight excluding hydrogens is 372 g/mol. The van der Waals surface area contributed by atoms with E-state index in [9.17, 15) is 13.2 Å². The summed E-state index contributed by atoms with van der Waals surface area (Å²) >= 11 is 0. The molecule has 2 aromatic carbocycles. The van der Waals surface area contributed by atoms with Gasteiger partial charge in [0.15, 0.2) is 0 Å². The Morgan fingerprint density at radius 2 is 1.57 bits per heavy atom. The van der Waals surface area contributed by atoms with Crippen molar-refractivity contribution in [1.82, 2.24) is 5.32 Å². The number of rotatable bonds is 8. The Balaban J connectivity index is 2.29. The predicted molar refractivity (Wildman–Crippen MR) is 115 cm³/mol. The number of amides is 1. The molecule has 0 bridgehead atoms. The Morgan fingerprint density at radius 1 is 1.00 bits per heavy atom. The minimum atomic E-state index is -3.63. The first-order valence-electron chi connectivity index (χ1n) is 9.51. The lowest BCUT2D eigenvalue weighted by Gasteiger charge is -2.30. The fourth-order valence-electron chi connectivity index (χ4n) is 3.23. The average molecular weight is 403 g/mol. The van der Waals surface area contributed by atoms with Gasteiger partial charge in [0, 0.05) is 0 Å². The summed E-state index contributed by atoms with van der Waals surface area (Å²) in [5.41, 5.74) is 2.52. The molecule has 0 aliphatic rings. The summed E-state index contributed by atoms with van der Waals surface area (Å²) in [4.78, 5) is 13.0. The van der Waals surface area contributed by atoms with Crippen LogP contribution in [0.2, 0.25) is 0 Å². The fourth-order valence-corrected chi connectivity index (χ4v) is 4.40. The number of anilines is 1. The molecule has 0 saturated heterocycles. The molecule has 5 nitrogen and oxygen atoms in total. The molecule has 0 radical (unpaired) electrons. The highest BCUT2D eigenvalue weighted by Gasteiger charge is 2.30. The maximum Gasteiger partial charge on any atom is 0.244 e. The lowest BCUT2D eigenvalue weighted by molar-refractivity contribution is -0.122. The van der Waals surface area contributed by atoms with Crippen molar-refractivity contribution >= 4 is 21.6 Å². The summed E-state index contributed by atoms with van der Waals surface area (Å²) in [6.07, 6.45) is 1.89. The van der Waals surface area contributed by atoms with Crippen LogP contribution in [0.3, 0.4) is 0 Å². The average Bonchev–Trinajstić information content (AvgIpc) is 2.62. The number of carbonyl (C=O) groups excluding carboxylic acids is 1. The summed E-state index contributed by atoms with van der Waals surface area (Å²) in [5.74, 6) is 0.0597. The molecule has 2 unspecified atom stereocenters. The second kappa shape index (κ2) is 9.24. The number of nitrogens with zero attached hydrogens (tertiary/aromatic N) is 1. The van der Waals surface area contributed by atoms with Gasteiger partial charge in [-0.25, -0.2) is 8.42 Å². The molecule has 6 heteroatoms. The first-order valence-corrected chi connectivity index (χ1v) is 11.4. The Hall–Kier alpha value is -2.34. The molecule has 0 aliphatic carbocycles. The van der Waals surface area contributed by atoms with Crippen LogP contribution >= 0.6 is 0 Å². The van der Waals surface area contributed by atoms with Crippen LogP contribution in [0.25, 0.3) is 0 Å². The van der Waals surface area contributed by atoms with Gasteiger partial charge in [-0.3, -0.25) is 9.10 Å². The molecule has 0 saturated carbocycles. The SMILES string of the molecule is Cc1ccc(N(C(C)C(=O)NC(CC(C)C)c2ccccc2)S(C)(=O)=O)cc1. The van der Waals surface area contributed by atoms with E-state index in [4.69, 9.17) is 0 Å². The van der Waals surface area contributed by atoms with Crippen LogP contribution in [-0.2, 0) is 14.8 Å². The summed E-state index contributed by atoms with van der Waals surface area (Å²) in [5, 5.41) is 3.05. The monoisotopic (exact) mass is 402 g/mol. The van der Waals surface area contributed by atoms with Gasteiger partial charge >= 0.3 is 0 Å². The van der Waals surface area contributed by atoms with Crippen molar-refractivity contribution in [2.45, 2.75) is 46.2 Å². The molecule has 152 valence electrons. The van der Waals surface area contributed by atoms with Crippen molar-refractivity contribution in [1.29, 1.82) is 0 Å². The van der Waals surface area contributed by atoms with Crippen LogP contribution in [-0.4, -0.2) is 26.6 Å². The van der Waals surface area contributed by atoms with Gasteiger partial charge in [-0.15, -0.1) is 0 Å². The van der Waals surface area contributed by atoms with E-state index in [1.54, 1.807) is 19.1 Å². The van der Waals surface area contributed by atoms with Crippen LogP contribution in [0.4, 0.5) is 5.69 Å². The van der Waals surface area contributed by atoms with Crippen LogP contribution in [0.15, 0.2) is 54.6 Å². The number of carbonyl (C=O) groups is 1. The molecule has 2 atom stereocenters. The Kier molecular flexibility index (Phi) is 7.24. The third-order valence-electron chi connectivity index (χ3n) is 4.60. The maximum atomic E-state index is 13.0. The smallest absolute Gasteiger partial charge is 0.244 e. The zero-order valence-corrected chi connectivity index (χ0v) is 18.0. The summed E-state index contributed by atoms with van der Waals surface area (Å²) in [6, 6.07) is 15.9. The van der Waals surface area contributed by atoms with E-state index in [0.717, 1.165) is 23.8 Å². The van der Waals surface area contributed by atoms with E-state index in [1.807, 2.05) is 49.4 Å². The van der Waals surface area contributed by atoms with Gasteiger partial charge in [-0.2, -0.15) is 0 Å². The number of aryl methyl sites for hydroxylation is 1. The van der Waals surface area contributed by atoms with Crippen LogP contribution in [0.5, 0.6) is 0 Å². The minimum absolute atomic E-state index is 0.171. The van der Waals surface area contributed by atoms with Crippen molar-refractivity contribution in [3.8, 4) is 0 Å². The van der Waals surface area contributed by atoms with Crippen LogP contribution in [0.1, 0.15) is 44.4 Å². The molecule has 0 fully saturated rings. The number of hydrogen-bond donors (Lipinski definition) is 1. The molecule has 2 rings (SSSR count).